The number of hydrogen-bond donors (Lipinski definition) is 1. The van der Waals surface area contributed by atoms with E-state index < -0.39 is 10.0 Å². The van der Waals surface area contributed by atoms with E-state index in [0.717, 1.165) is 21.9 Å². The molecule has 0 saturated heterocycles. The zero-order chi connectivity index (χ0) is 20.3. The van der Waals surface area contributed by atoms with Gasteiger partial charge in [-0.25, -0.2) is 8.42 Å². The Labute approximate surface area is 166 Å². The van der Waals surface area contributed by atoms with Crippen LogP contribution in [0.2, 0.25) is 0 Å². The van der Waals surface area contributed by atoms with Gasteiger partial charge in [-0.15, -0.1) is 0 Å². The fourth-order valence-corrected chi connectivity index (χ4v) is 4.46. The minimum atomic E-state index is -3.77. The first-order valence-electron chi connectivity index (χ1n) is 9.17. The second-order valence-electron chi connectivity index (χ2n) is 6.79. The number of nitrogens with one attached hydrogen (secondary N) is 1. The largest absolute Gasteiger partial charge is 0.325 e. The predicted molar refractivity (Wildman–Crippen MR) is 113 cm³/mol. The monoisotopic (exact) mass is 396 g/mol. The molecule has 0 spiro atoms. The molecule has 0 aromatic heterocycles. The van der Waals surface area contributed by atoms with E-state index in [-0.39, 0.29) is 23.9 Å². The molecule has 0 bridgehead atoms. The van der Waals surface area contributed by atoms with E-state index >= 15 is 0 Å². The predicted octanol–water partition coefficient (Wildman–Crippen LogP) is 4.11. The average molecular weight is 397 g/mol. The maximum atomic E-state index is 13.0. The standard InChI is InChI=1S/C22H24N2O3S/c1-4-24(15-22(25)23-20-11-9-16(2)17(3)13-20)28(26,27)21-12-10-18-7-5-6-8-19(18)14-21/h5-14H,4,15H2,1-3H3,(H,23,25). The van der Waals surface area contributed by atoms with Crippen LogP contribution in [0.4, 0.5) is 5.69 Å². The van der Waals surface area contributed by atoms with Crippen LogP contribution in [0.3, 0.4) is 0 Å². The summed E-state index contributed by atoms with van der Waals surface area (Å²) in [5, 5.41) is 4.60. The highest BCUT2D eigenvalue weighted by Gasteiger charge is 2.25. The van der Waals surface area contributed by atoms with Gasteiger partial charge < -0.3 is 5.32 Å². The van der Waals surface area contributed by atoms with Crippen LogP contribution >= 0.6 is 0 Å². The smallest absolute Gasteiger partial charge is 0.243 e. The molecule has 3 aromatic rings. The molecule has 0 saturated carbocycles. The minimum Gasteiger partial charge on any atom is -0.325 e. The van der Waals surface area contributed by atoms with Crippen molar-refractivity contribution in [3.63, 3.8) is 0 Å². The zero-order valence-electron chi connectivity index (χ0n) is 16.3. The van der Waals surface area contributed by atoms with Gasteiger partial charge >= 0.3 is 0 Å². The number of anilines is 1. The van der Waals surface area contributed by atoms with E-state index in [1.807, 2.05) is 56.3 Å². The van der Waals surface area contributed by atoms with Gasteiger partial charge in [0.05, 0.1) is 11.4 Å². The molecule has 0 fully saturated rings. The van der Waals surface area contributed by atoms with Gasteiger partial charge in [0.15, 0.2) is 0 Å². The summed E-state index contributed by atoms with van der Waals surface area (Å²) in [7, 11) is -3.77. The average Bonchev–Trinajstić information content (AvgIpc) is 2.68. The summed E-state index contributed by atoms with van der Waals surface area (Å²) in [6.45, 7) is 5.65. The van der Waals surface area contributed by atoms with E-state index in [2.05, 4.69) is 5.32 Å². The van der Waals surface area contributed by atoms with Crippen LogP contribution < -0.4 is 5.32 Å². The summed E-state index contributed by atoms with van der Waals surface area (Å²) in [6.07, 6.45) is 0. The molecule has 1 N–H and O–H groups in total. The molecule has 6 heteroatoms. The molecule has 0 aliphatic rings. The number of likely N-dealkylation sites (N-methyl/N-ethyl adjacent to an activating group) is 1. The van der Waals surface area contributed by atoms with Crippen molar-refractivity contribution < 1.29 is 13.2 Å². The topological polar surface area (TPSA) is 66.5 Å². The Kier molecular flexibility index (Phi) is 5.82. The molecule has 28 heavy (non-hydrogen) atoms. The van der Waals surface area contributed by atoms with Crippen molar-refractivity contribution in [1.29, 1.82) is 0 Å². The third-order valence-corrected chi connectivity index (χ3v) is 6.74. The number of rotatable bonds is 6. The van der Waals surface area contributed by atoms with Crippen LogP contribution in [0.25, 0.3) is 10.8 Å². The summed E-state index contributed by atoms with van der Waals surface area (Å²) >= 11 is 0. The number of nitrogens with zero attached hydrogens (tertiary/aromatic N) is 1. The number of amides is 1. The summed E-state index contributed by atoms with van der Waals surface area (Å²) in [5.41, 5.74) is 2.85. The van der Waals surface area contributed by atoms with E-state index in [0.29, 0.717) is 5.69 Å². The Balaban J connectivity index is 1.80. The van der Waals surface area contributed by atoms with Gasteiger partial charge in [-0.2, -0.15) is 4.31 Å². The van der Waals surface area contributed by atoms with E-state index in [1.54, 1.807) is 25.1 Å². The fourth-order valence-electron chi connectivity index (χ4n) is 3.02. The van der Waals surface area contributed by atoms with E-state index in [1.165, 1.54) is 4.31 Å². The van der Waals surface area contributed by atoms with Crippen LogP contribution in [0.5, 0.6) is 0 Å². The lowest BCUT2D eigenvalue weighted by Gasteiger charge is -2.20. The van der Waals surface area contributed by atoms with Crippen LogP contribution in [-0.2, 0) is 14.8 Å². The third-order valence-electron chi connectivity index (χ3n) is 4.82. The number of benzene rings is 3. The fraction of sp³-hybridized carbons (Fsp3) is 0.227. The van der Waals surface area contributed by atoms with Crippen molar-refractivity contribution in [2.24, 2.45) is 0 Å². The first-order chi connectivity index (χ1) is 13.3. The van der Waals surface area contributed by atoms with Gasteiger partial charge in [-0.05, 0) is 60.0 Å². The zero-order valence-corrected chi connectivity index (χ0v) is 17.1. The van der Waals surface area contributed by atoms with Crippen molar-refractivity contribution in [3.8, 4) is 0 Å². The highest BCUT2D eigenvalue weighted by molar-refractivity contribution is 7.89. The first-order valence-corrected chi connectivity index (χ1v) is 10.6. The molecule has 3 aromatic carbocycles. The lowest BCUT2D eigenvalue weighted by molar-refractivity contribution is -0.116. The van der Waals surface area contributed by atoms with Gasteiger partial charge in [0, 0.05) is 12.2 Å². The Morgan fingerprint density at radius 1 is 0.929 bits per heavy atom. The van der Waals surface area contributed by atoms with Crippen LogP contribution in [0, 0.1) is 13.8 Å². The van der Waals surface area contributed by atoms with E-state index in [9.17, 15) is 13.2 Å². The summed E-state index contributed by atoms with van der Waals surface area (Å²) in [4.78, 5) is 12.6. The molecular formula is C22H24N2O3S. The second kappa shape index (κ2) is 8.12. The highest BCUT2D eigenvalue weighted by Crippen LogP contribution is 2.22. The number of carbonyl (C=O) groups is 1. The molecule has 0 aliphatic carbocycles. The molecule has 0 aliphatic heterocycles. The Bertz CT molecular complexity index is 1120. The van der Waals surface area contributed by atoms with Crippen molar-refractivity contribution in [3.05, 3.63) is 71.8 Å². The molecule has 0 radical (unpaired) electrons. The lowest BCUT2D eigenvalue weighted by Crippen LogP contribution is -2.37. The normalized spacial score (nSPS) is 11.7. The van der Waals surface area contributed by atoms with Crippen LogP contribution in [0.1, 0.15) is 18.1 Å². The summed E-state index contributed by atoms with van der Waals surface area (Å²) < 4.78 is 27.3. The Hall–Kier alpha value is -2.70. The molecule has 3 rings (SSSR count). The highest BCUT2D eigenvalue weighted by atomic mass is 32.2. The molecule has 0 atom stereocenters. The lowest BCUT2D eigenvalue weighted by atomic mass is 10.1. The van der Waals surface area contributed by atoms with Gasteiger partial charge in [-0.3, -0.25) is 4.79 Å². The molecular weight excluding hydrogens is 372 g/mol. The number of sulfonamides is 1. The Morgan fingerprint density at radius 2 is 1.64 bits per heavy atom. The number of fused-ring (bicyclic) bond motifs is 1. The molecule has 0 unspecified atom stereocenters. The number of hydrogen-bond acceptors (Lipinski definition) is 3. The van der Waals surface area contributed by atoms with Crippen molar-refractivity contribution >= 4 is 32.4 Å². The quantitative estimate of drug-likeness (QED) is 0.682. The number of carbonyl (C=O) groups excluding carboxylic acids is 1. The van der Waals surface area contributed by atoms with Crippen molar-refractivity contribution in [2.45, 2.75) is 25.7 Å². The van der Waals surface area contributed by atoms with Crippen molar-refractivity contribution in [2.75, 3.05) is 18.4 Å². The molecule has 146 valence electrons. The summed E-state index contributed by atoms with van der Waals surface area (Å²) in [6, 6.07) is 18.2. The Morgan fingerprint density at radius 3 is 2.32 bits per heavy atom. The van der Waals surface area contributed by atoms with Gasteiger partial charge in [0.1, 0.15) is 0 Å². The molecule has 5 nitrogen and oxygen atoms in total. The maximum Gasteiger partial charge on any atom is 0.243 e. The molecule has 1 amide bonds. The third kappa shape index (κ3) is 4.24. The van der Waals surface area contributed by atoms with Gasteiger partial charge in [-0.1, -0.05) is 43.3 Å². The SMILES string of the molecule is CCN(CC(=O)Nc1ccc(C)c(C)c1)S(=O)(=O)c1ccc2ccccc2c1. The van der Waals surface area contributed by atoms with Crippen molar-refractivity contribution in [1.82, 2.24) is 4.31 Å². The van der Waals surface area contributed by atoms with Gasteiger partial charge in [0.25, 0.3) is 0 Å². The van der Waals surface area contributed by atoms with E-state index in [4.69, 9.17) is 0 Å². The van der Waals surface area contributed by atoms with Gasteiger partial charge in [0.2, 0.25) is 15.9 Å². The molecule has 0 heterocycles. The van der Waals surface area contributed by atoms with Crippen LogP contribution in [0.15, 0.2) is 65.6 Å². The summed E-state index contributed by atoms with van der Waals surface area (Å²) in [5.74, 6) is -0.366. The number of aryl methyl sites for hydroxylation is 2. The minimum absolute atomic E-state index is 0.187. The maximum absolute atomic E-state index is 13.0. The van der Waals surface area contributed by atoms with Crippen LogP contribution in [-0.4, -0.2) is 31.7 Å². The first kappa shape index (κ1) is 20.0. The second-order valence-corrected chi connectivity index (χ2v) is 8.73.